The van der Waals surface area contributed by atoms with Gasteiger partial charge in [-0.3, -0.25) is 19.9 Å². The average molecular weight is 479 g/mol. The van der Waals surface area contributed by atoms with E-state index in [1.165, 1.54) is 36.7 Å². The number of barbiturate groups is 1. The van der Waals surface area contributed by atoms with Crippen LogP contribution in [0.25, 0.3) is 6.08 Å². The molecule has 0 spiro atoms. The van der Waals surface area contributed by atoms with Crippen molar-refractivity contribution in [3.63, 3.8) is 0 Å². The highest BCUT2D eigenvalue weighted by atomic mass is 127. The molecule has 0 aliphatic carbocycles. The van der Waals surface area contributed by atoms with Crippen molar-refractivity contribution in [3.8, 4) is 11.5 Å². The summed E-state index contributed by atoms with van der Waals surface area (Å²) in [6.45, 7) is 2.11. The maximum Gasteiger partial charge on any atom is 0.335 e. The van der Waals surface area contributed by atoms with Crippen molar-refractivity contribution in [2.24, 2.45) is 0 Å². The van der Waals surface area contributed by atoms with Gasteiger partial charge in [-0.25, -0.2) is 9.69 Å². The van der Waals surface area contributed by atoms with Crippen LogP contribution >= 0.6 is 22.6 Å². The summed E-state index contributed by atoms with van der Waals surface area (Å²) >= 11 is 1.92. The third-order valence-corrected chi connectivity index (χ3v) is 4.51. The number of aromatic hydroxyl groups is 1. The number of phenolic OH excluding ortho intramolecular Hbond substituents is 1. The van der Waals surface area contributed by atoms with E-state index in [4.69, 9.17) is 4.74 Å². The Morgan fingerprint density at radius 3 is 2.63 bits per heavy atom. The highest BCUT2D eigenvalue weighted by Gasteiger charge is 2.36. The molecule has 138 valence electrons. The quantitative estimate of drug-likeness (QED) is 0.396. The molecule has 0 saturated carbocycles. The molecular formula is C18H14IN3O5. The number of ether oxygens (including phenoxy) is 1. The van der Waals surface area contributed by atoms with E-state index in [1.54, 1.807) is 13.0 Å². The number of hydrogen-bond donors (Lipinski definition) is 2. The molecule has 2 heterocycles. The second-order valence-corrected chi connectivity index (χ2v) is 6.61. The molecule has 9 heteroatoms. The smallest absolute Gasteiger partial charge is 0.335 e. The van der Waals surface area contributed by atoms with Gasteiger partial charge in [0.25, 0.3) is 11.8 Å². The third-order valence-electron chi connectivity index (χ3n) is 3.68. The molecule has 0 radical (unpaired) electrons. The normalized spacial score (nSPS) is 15.9. The van der Waals surface area contributed by atoms with E-state index in [9.17, 15) is 19.5 Å². The van der Waals surface area contributed by atoms with E-state index in [1.807, 2.05) is 22.6 Å². The molecule has 1 aromatic carbocycles. The minimum absolute atomic E-state index is 0.0207. The number of hydrogen-bond acceptors (Lipinski definition) is 6. The van der Waals surface area contributed by atoms with E-state index in [-0.39, 0.29) is 17.1 Å². The monoisotopic (exact) mass is 479 g/mol. The van der Waals surface area contributed by atoms with Gasteiger partial charge in [0.05, 0.1) is 15.9 Å². The molecule has 1 aromatic heterocycles. The molecular weight excluding hydrogens is 465 g/mol. The standard InChI is InChI=1S/C18H14IN3O5/c1-2-27-14-9-10(8-13(19)15(14)23)7-12-16(24)21-18(26)22(17(12)25)11-3-5-20-6-4-11/h3-9,23H,2H2,1H3,(H,21,24,26)/b12-7+. The summed E-state index contributed by atoms with van der Waals surface area (Å²) in [6.07, 6.45) is 4.22. The number of aromatic nitrogens is 1. The van der Waals surface area contributed by atoms with Gasteiger partial charge in [0.2, 0.25) is 0 Å². The van der Waals surface area contributed by atoms with Gasteiger partial charge in [0, 0.05) is 12.4 Å². The van der Waals surface area contributed by atoms with Crippen LogP contribution in [0.3, 0.4) is 0 Å². The van der Waals surface area contributed by atoms with Crippen LogP contribution in [0.2, 0.25) is 0 Å². The maximum atomic E-state index is 12.8. The van der Waals surface area contributed by atoms with E-state index in [2.05, 4.69) is 10.3 Å². The highest BCUT2D eigenvalue weighted by molar-refractivity contribution is 14.1. The van der Waals surface area contributed by atoms with Gasteiger partial charge in [-0.2, -0.15) is 0 Å². The van der Waals surface area contributed by atoms with Crippen LogP contribution in [0.5, 0.6) is 11.5 Å². The number of halogens is 1. The lowest BCUT2D eigenvalue weighted by Crippen LogP contribution is -2.54. The largest absolute Gasteiger partial charge is 0.504 e. The minimum Gasteiger partial charge on any atom is -0.504 e. The van der Waals surface area contributed by atoms with Crippen molar-refractivity contribution in [2.75, 3.05) is 11.5 Å². The van der Waals surface area contributed by atoms with E-state index >= 15 is 0 Å². The van der Waals surface area contributed by atoms with Gasteiger partial charge in [-0.1, -0.05) is 0 Å². The summed E-state index contributed by atoms with van der Waals surface area (Å²) in [5.41, 5.74) is 0.555. The molecule has 1 saturated heterocycles. The van der Waals surface area contributed by atoms with Crippen LogP contribution < -0.4 is 15.0 Å². The first kappa shape index (κ1) is 18.8. The Kier molecular flexibility index (Phi) is 5.40. The first-order chi connectivity index (χ1) is 12.9. The van der Waals surface area contributed by atoms with E-state index < -0.39 is 17.8 Å². The number of imide groups is 2. The van der Waals surface area contributed by atoms with Crippen molar-refractivity contribution < 1.29 is 24.2 Å². The van der Waals surface area contributed by atoms with Crippen molar-refractivity contribution in [1.29, 1.82) is 0 Å². The zero-order chi connectivity index (χ0) is 19.6. The van der Waals surface area contributed by atoms with E-state index in [0.717, 1.165) is 4.90 Å². The number of nitrogens with zero attached hydrogens (tertiary/aromatic N) is 2. The second-order valence-electron chi connectivity index (χ2n) is 5.45. The molecule has 1 aliphatic heterocycles. The van der Waals surface area contributed by atoms with Crippen LogP contribution in [0.4, 0.5) is 10.5 Å². The molecule has 0 atom stereocenters. The molecule has 1 fully saturated rings. The molecule has 0 unspecified atom stereocenters. The number of urea groups is 1. The van der Waals surface area contributed by atoms with Crippen LogP contribution in [0, 0.1) is 3.57 Å². The Bertz CT molecular complexity index is 959. The first-order valence-electron chi connectivity index (χ1n) is 7.89. The predicted molar refractivity (Wildman–Crippen MR) is 105 cm³/mol. The fourth-order valence-corrected chi connectivity index (χ4v) is 3.12. The zero-order valence-corrected chi connectivity index (χ0v) is 16.3. The number of phenols is 1. The van der Waals surface area contributed by atoms with Gasteiger partial charge in [-0.15, -0.1) is 0 Å². The molecule has 27 heavy (non-hydrogen) atoms. The fraction of sp³-hybridized carbons (Fsp3) is 0.111. The Morgan fingerprint density at radius 2 is 1.96 bits per heavy atom. The molecule has 4 amide bonds. The molecule has 2 N–H and O–H groups in total. The summed E-state index contributed by atoms with van der Waals surface area (Å²) in [5.74, 6) is -1.33. The number of amides is 4. The summed E-state index contributed by atoms with van der Waals surface area (Å²) < 4.78 is 5.86. The molecule has 1 aliphatic rings. The van der Waals surface area contributed by atoms with Crippen molar-refractivity contribution >= 4 is 52.2 Å². The lowest BCUT2D eigenvalue weighted by Gasteiger charge is -2.26. The summed E-state index contributed by atoms with van der Waals surface area (Å²) in [4.78, 5) is 41.8. The highest BCUT2D eigenvalue weighted by Crippen LogP contribution is 2.34. The molecule has 8 nitrogen and oxygen atoms in total. The van der Waals surface area contributed by atoms with Gasteiger partial charge in [-0.05, 0) is 65.4 Å². The Balaban J connectivity index is 2.03. The SMILES string of the molecule is CCOc1cc(/C=C2\C(=O)NC(=O)N(c3ccncc3)C2=O)cc(I)c1O. The van der Waals surface area contributed by atoms with Gasteiger partial charge in [0.15, 0.2) is 11.5 Å². The van der Waals surface area contributed by atoms with Crippen LogP contribution in [-0.4, -0.2) is 34.5 Å². The average Bonchev–Trinajstić information content (AvgIpc) is 2.63. The van der Waals surface area contributed by atoms with Crippen molar-refractivity contribution in [2.45, 2.75) is 6.92 Å². The van der Waals surface area contributed by atoms with Crippen LogP contribution in [0.1, 0.15) is 12.5 Å². The first-order valence-corrected chi connectivity index (χ1v) is 8.97. The van der Waals surface area contributed by atoms with E-state index in [0.29, 0.717) is 21.4 Å². The number of carbonyl (C=O) groups excluding carboxylic acids is 3. The number of nitrogens with one attached hydrogen (secondary N) is 1. The number of benzene rings is 1. The number of pyridine rings is 1. The lowest BCUT2D eigenvalue weighted by molar-refractivity contribution is -0.122. The Morgan fingerprint density at radius 1 is 1.26 bits per heavy atom. The van der Waals surface area contributed by atoms with Crippen LogP contribution in [0.15, 0.2) is 42.2 Å². The zero-order valence-electron chi connectivity index (χ0n) is 14.1. The fourth-order valence-electron chi connectivity index (χ4n) is 2.49. The Hall–Kier alpha value is -2.95. The third kappa shape index (κ3) is 3.77. The van der Waals surface area contributed by atoms with Gasteiger partial charge < -0.3 is 9.84 Å². The summed E-state index contributed by atoms with van der Waals surface area (Å²) in [6, 6.07) is 5.26. The summed E-state index contributed by atoms with van der Waals surface area (Å²) in [5, 5.41) is 12.2. The molecule has 0 bridgehead atoms. The minimum atomic E-state index is -0.830. The molecule has 3 rings (SSSR count). The Labute approximate surface area is 168 Å². The molecule has 2 aromatic rings. The van der Waals surface area contributed by atoms with Crippen LogP contribution in [-0.2, 0) is 9.59 Å². The van der Waals surface area contributed by atoms with Gasteiger partial charge >= 0.3 is 6.03 Å². The maximum absolute atomic E-state index is 12.8. The number of rotatable bonds is 4. The predicted octanol–water partition coefficient (Wildman–Crippen LogP) is 2.46. The second kappa shape index (κ2) is 7.74. The number of carbonyl (C=O) groups is 3. The lowest BCUT2D eigenvalue weighted by atomic mass is 10.1. The summed E-state index contributed by atoms with van der Waals surface area (Å²) in [7, 11) is 0. The van der Waals surface area contributed by atoms with Crippen molar-refractivity contribution in [3.05, 3.63) is 51.4 Å². The van der Waals surface area contributed by atoms with Gasteiger partial charge in [0.1, 0.15) is 5.57 Å². The van der Waals surface area contributed by atoms with Crippen molar-refractivity contribution in [1.82, 2.24) is 10.3 Å². The number of anilines is 1. The topological polar surface area (TPSA) is 109 Å².